The summed E-state index contributed by atoms with van der Waals surface area (Å²) in [5, 5.41) is 34.1. The number of amides is 3. The summed E-state index contributed by atoms with van der Waals surface area (Å²) in [4.78, 5) is 42.3. The number of benzene rings is 3. The average molecular weight is 703 g/mol. The molecule has 1 fully saturated rings. The third-order valence-electron chi connectivity index (χ3n) is 8.13. The van der Waals surface area contributed by atoms with Crippen LogP contribution in [0.1, 0.15) is 33.2 Å². The van der Waals surface area contributed by atoms with Crippen molar-refractivity contribution in [1.82, 2.24) is 29.8 Å². The number of halogens is 1. The van der Waals surface area contributed by atoms with E-state index in [1.165, 1.54) is 26.5 Å². The van der Waals surface area contributed by atoms with Gasteiger partial charge >= 0.3 is 0 Å². The Bertz CT molecular complexity index is 2180. The molecule has 0 saturated carbocycles. The highest BCUT2D eigenvalue weighted by molar-refractivity contribution is 6.31. The van der Waals surface area contributed by atoms with Crippen molar-refractivity contribution < 1.29 is 24.2 Å². The minimum absolute atomic E-state index is 0.00763. The zero-order chi connectivity index (χ0) is 35.9. The lowest BCUT2D eigenvalue weighted by molar-refractivity contribution is -0.148. The Morgan fingerprint density at radius 1 is 1.08 bits per heavy atom. The van der Waals surface area contributed by atoms with Crippen LogP contribution in [0.5, 0.6) is 5.75 Å². The van der Waals surface area contributed by atoms with E-state index in [1.54, 1.807) is 80.0 Å². The van der Waals surface area contributed by atoms with E-state index in [9.17, 15) is 19.5 Å². The monoisotopic (exact) mass is 702 g/mol. The highest BCUT2D eigenvalue weighted by Crippen LogP contribution is 2.32. The number of carbonyl (C=O) groups is 3. The molecule has 256 valence electrons. The molecular weight excluding hydrogens is 672 g/mol. The van der Waals surface area contributed by atoms with Crippen molar-refractivity contribution >= 4 is 35.0 Å². The number of aromatic hydroxyl groups is 1. The number of phenols is 1. The number of rotatable bonds is 8. The smallest absolute Gasteiger partial charge is 0.270 e. The maximum absolute atomic E-state index is 14.1. The number of hydrogen-bond donors (Lipinski definition) is 3. The topological polar surface area (TPSA) is 167 Å². The van der Waals surface area contributed by atoms with Gasteiger partial charge in [0.05, 0.1) is 24.8 Å². The number of nitriles is 1. The Labute approximate surface area is 298 Å². The zero-order valence-electron chi connectivity index (χ0n) is 27.3. The Morgan fingerprint density at radius 2 is 1.86 bits per heavy atom. The number of aromatic nitrogens is 4. The van der Waals surface area contributed by atoms with Gasteiger partial charge < -0.3 is 25.4 Å². The maximum Gasteiger partial charge on any atom is 0.270 e. The zero-order valence-corrected chi connectivity index (χ0v) is 28.0. The summed E-state index contributed by atoms with van der Waals surface area (Å²) in [6.45, 7) is 0.346. The summed E-state index contributed by atoms with van der Waals surface area (Å²) in [6.07, 6.45) is 3.11. The number of aryl methyl sites for hydroxylation is 1. The van der Waals surface area contributed by atoms with Crippen molar-refractivity contribution in [2.75, 3.05) is 25.1 Å². The molecule has 0 radical (unpaired) electrons. The standard InChI is InChI=1S/C37H31ClN8O5/c1-44-30(15-17-40-44)35(48)42-34(25-5-3-2-4-6-25)37(50)46-19-20-51-23-31(46)36(49)41-28-12-8-24(9-13-28)7-10-26-22-45(18-16-39)43-33(26)29-21-27(38)11-14-32(29)47/h2-6,8-9,11-15,17,21-22,31,34,47H,18-20,23H2,1H3,(H,41,49)(H,42,48)/t31-,34+/m1/s1. The number of carbonyl (C=O) groups excluding carboxylic acids is 3. The van der Waals surface area contributed by atoms with Gasteiger partial charge in [0.25, 0.3) is 11.8 Å². The molecule has 2 aromatic heterocycles. The van der Waals surface area contributed by atoms with E-state index in [1.807, 2.05) is 12.1 Å². The van der Waals surface area contributed by atoms with Crippen LogP contribution in [-0.2, 0) is 27.9 Å². The molecule has 6 rings (SSSR count). The first-order valence-corrected chi connectivity index (χ1v) is 16.2. The van der Waals surface area contributed by atoms with Crippen LogP contribution in [0.3, 0.4) is 0 Å². The van der Waals surface area contributed by atoms with E-state index >= 15 is 0 Å². The molecule has 1 saturated heterocycles. The summed E-state index contributed by atoms with van der Waals surface area (Å²) in [6, 6.07) is 21.8. The number of nitrogens with zero attached hydrogens (tertiary/aromatic N) is 6. The van der Waals surface area contributed by atoms with Crippen LogP contribution >= 0.6 is 11.6 Å². The molecule has 14 heteroatoms. The molecule has 3 N–H and O–H groups in total. The van der Waals surface area contributed by atoms with Crippen molar-refractivity contribution in [2.45, 2.75) is 18.6 Å². The van der Waals surface area contributed by atoms with Crippen LogP contribution in [0, 0.1) is 23.2 Å². The highest BCUT2D eigenvalue weighted by atomic mass is 35.5. The minimum Gasteiger partial charge on any atom is -0.507 e. The Kier molecular flexibility index (Phi) is 10.4. The van der Waals surface area contributed by atoms with Crippen molar-refractivity contribution in [3.8, 4) is 34.9 Å². The van der Waals surface area contributed by atoms with E-state index in [0.29, 0.717) is 38.7 Å². The molecule has 0 aliphatic carbocycles. The number of hydrogen-bond acceptors (Lipinski definition) is 8. The van der Waals surface area contributed by atoms with Crippen molar-refractivity contribution in [1.29, 1.82) is 5.26 Å². The molecule has 3 heterocycles. The number of nitrogens with one attached hydrogen (secondary N) is 2. The Balaban J connectivity index is 1.18. The number of anilines is 1. The van der Waals surface area contributed by atoms with Crippen molar-refractivity contribution in [3.05, 3.63) is 119 Å². The van der Waals surface area contributed by atoms with Crippen LogP contribution in [0.4, 0.5) is 5.69 Å². The number of ether oxygens (including phenoxy) is 1. The first kappa shape index (κ1) is 34.5. The quantitative estimate of drug-likeness (QED) is 0.205. The van der Waals surface area contributed by atoms with Crippen molar-refractivity contribution in [2.24, 2.45) is 7.05 Å². The van der Waals surface area contributed by atoms with Gasteiger partial charge in [-0.15, -0.1) is 0 Å². The molecule has 13 nitrogen and oxygen atoms in total. The molecule has 0 spiro atoms. The largest absolute Gasteiger partial charge is 0.507 e. The molecular formula is C37H31ClN8O5. The fraction of sp³-hybridized carbons (Fsp3) is 0.189. The number of phenolic OH excluding ortho intramolecular Hbond substituents is 1. The Hall–Kier alpha value is -6.41. The highest BCUT2D eigenvalue weighted by Gasteiger charge is 2.37. The van der Waals surface area contributed by atoms with Gasteiger partial charge in [-0.05, 0) is 54.1 Å². The van der Waals surface area contributed by atoms with Gasteiger partial charge in [-0.1, -0.05) is 53.8 Å². The summed E-state index contributed by atoms with van der Waals surface area (Å²) >= 11 is 6.16. The average Bonchev–Trinajstić information content (AvgIpc) is 3.77. The molecule has 3 aromatic carbocycles. The van der Waals surface area contributed by atoms with Crippen LogP contribution < -0.4 is 10.6 Å². The van der Waals surface area contributed by atoms with Gasteiger partial charge in [0.15, 0.2) is 0 Å². The van der Waals surface area contributed by atoms with Crippen LogP contribution in [-0.4, -0.2) is 73.1 Å². The predicted octanol–water partition coefficient (Wildman–Crippen LogP) is 3.90. The van der Waals surface area contributed by atoms with Gasteiger partial charge in [-0.3, -0.25) is 23.7 Å². The van der Waals surface area contributed by atoms with E-state index < -0.39 is 29.8 Å². The van der Waals surface area contributed by atoms with Gasteiger partial charge in [-0.25, -0.2) is 0 Å². The van der Waals surface area contributed by atoms with Gasteiger partial charge in [0.2, 0.25) is 5.91 Å². The SMILES string of the molecule is Cn1nccc1C(=O)N[C@H](C(=O)N1CCOC[C@@H]1C(=O)Nc1ccc(C#Cc2cn(CC#N)nc2-c2cc(Cl)ccc2O)cc1)c1ccccc1. The third-order valence-corrected chi connectivity index (χ3v) is 8.36. The minimum atomic E-state index is -1.06. The van der Waals surface area contributed by atoms with E-state index in [4.69, 9.17) is 21.6 Å². The number of morpholine rings is 1. The lowest BCUT2D eigenvalue weighted by Gasteiger charge is -2.37. The normalized spacial score (nSPS) is 14.5. The van der Waals surface area contributed by atoms with E-state index in [0.717, 1.165) is 0 Å². The van der Waals surface area contributed by atoms with E-state index in [-0.39, 0.29) is 37.7 Å². The second kappa shape index (κ2) is 15.4. The lowest BCUT2D eigenvalue weighted by atomic mass is 10.0. The van der Waals surface area contributed by atoms with Crippen LogP contribution in [0.2, 0.25) is 5.02 Å². The second-order valence-corrected chi connectivity index (χ2v) is 11.9. The molecule has 51 heavy (non-hydrogen) atoms. The van der Waals surface area contributed by atoms with Crippen molar-refractivity contribution in [3.63, 3.8) is 0 Å². The summed E-state index contributed by atoms with van der Waals surface area (Å²) in [5.41, 5.74) is 3.17. The fourth-order valence-electron chi connectivity index (χ4n) is 5.55. The lowest BCUT2D eigenvalue weighted by Crippen LogP contribution is -2.57. The molecule has 5 aromatic rings. The van der Waals surface area contributed by atoms with Gasteiger partial charge in [-0.2, -0.15) is 15.5 Å². The molecule has 0 unspecified atom stereocenters. The Morgan fingerprint density at radius 3 is 2.59 bits per heavy atom. The molecule has 0 bridgehead atoms. The molecule has 1 aliphatic heterocycles. The summed E-state index contributed by atoms with van der Waals surface area (Å²) < 4.78 is 8.45. The molecule has 1 aliphatic rings. The van der Waals surface area contributed by atoms with Crippen LogP contribution in [0.25, 0.3) is 11.3 Å². The first-order chi connectivity index (χ1) is 24.7. The molecule has 2 atom stereocenters. The first-order valence-electron chi connectivity index (χ1n) is 15.8. The maximum atomic E-state index is 14.1. The second-order valence-electron chi connectivity index (χ2n) is 11.5. The third kappa shape index (κ3) is 7.92. The summed E-state index contributed by atoms with van der Waals surface area (Å²) in [5.74, 6) is 4.69. The fourth-order valence-corrected chi connectivity index (χ4v) is 5.72. The predicted molar refractivity (Wildman–Crippen MR) is 187 cm³/mol. The van der Waals surface area contributed by atoms with E-state index in [2.05, 4.69) is 32.7 Å². The molecule has 3 amide bonds. The van der Waals surface area contributed by atoms with Crippen LogP contribution in [0.15, 0.2) is 91.3 Å². The van der Waals surface area contributed by atoms with Gasteiger partial charge in [0, 0.05) is 47.8 Å². The van der Waals surface area contributed by atoms with Gasteiger partial charge in [0.1, 0.15) is 35.8 Å². The summed E-state index contributed by atoms with van der Waals surface area (Å²) in [7, 11) is 1.63.